The number of carbonyl (C=O) groups excluding carboxylic acids is 1. The number of phenolic OH excluding ortho intramolecular Hbond substituents is 1. The molecule has 0 fully saturated rings. The first-order valence-electron chi connectivity index (χ1n) is 5.93. The molecule has 0 heterocycles. The van der Waals surface area contributed by atoms with Gasteiger partial charge in [-0.2, -0.15) is 12.6 Å². The van der Waals surface area contributed by atoms with Gasteiger partial charge in [-0.1, -0.05) is 0 Å². The van der Waals surface area contributed by atoms with E-state index in [2.05, 4.69) is 17.5 Å². The fourth-order valence-electron chi connectivity index (χ4n) is 1.44. The smallest absolute Gasteiger partial charge is 0.311 e. The van der Waals surface area contributed by atoms with Crippen LogP contribution in [0.5, 0.6) is 11.5 Å². The van der Waals surface area contributed by atoms with Crippen molar-refractivity contribution in [3.63, 3.8) is 0 Å². The Bertz CT molecular complexity index is 479. The van der Waals surface area contributed by atoms with E-state index in [0.717, 1.165) is 0 Å². The molecule has 8 heteroatoms. The molecule has 0 aromatic heterocycles. The average molecular weight is 301 g/mol. The predicted molar refractivity (Wildman–Crippen MR) is 73.2 cm³/mol. The van der Waals surface area contributed by atoms with Gasteiger partial charge in [0.1, 0.15) is 11.5 Å². The number of aromatic hydroxyl groups is 1. The number of hydrogen-bond acceptors (Lipinski definition) is 7. The number of benzene rings is 1. The van der Waals surface area contributed by atoms with Gasteiger partial charge in [0.2, 0.25) is 0 Å². The molecule has 1 aromatic rings. The van der Waals surface area contributed by atoms with Crippen molar-refractivity contribution >= 4 is 18.6 Å². The number of ether oxygens (including phenoxy) is 1. The Morgan fingerprint density at radius 2 is 2.15 bits per heavy atom. The lowest BCUT2D eigenvalue weighted by Gasteiger charge is -2.07. The molecule has 20 heavy (non-hydrogen) atoms. The molecule has 110 valence electrons. The van der Waals surface area contributed by atoms with Crippen molar-refractivity contribution in [2.45, 2.75) is 25.0 Å². The number of phenols is 1. The first kappa shape index (κ1) is 16.1. The molecule has 0 amide bonds. The predicted octanol–water partition coefficient (Wildman–Crippen LogP) is 2.11. The molecule has 0 spiro atoms. The molecule has 0 aliphatic carbocycles. The Labute approximate surface area is 121 Å². The van der Waals surface area contributed by atoms with Crippen LogP contribution in [0.1, 0.15) is 24.8 Å². The zero-order valence-corrected chi connectivity index (χ0v) is 11.5. The lowest BCUT2D eigenvalue weighted by molar-refractivity contribution is -0.757. The fourth-order valence-corrected chi connectivity index (χ4v) is 1.70. The maximum atomic E-state index is 11.5. The van der Waals surface area contributed by atoms with Gasteiger partial charge in [-0.25, -0.2) is 0 Å². The van der Waals surface area contributed by atoms with Crippen molar-refractivity contribution < 1.29 is 24.6 Å². The highest BCUT2D eigenvalue weighted by molar-refractivity contribution is 7.79. The lowest BCUT2D eigenvalue weighted by atomic mass is 10.2. The van der Waals surface area contributed by atoms with E-state index in [-0.39, 0.29) is 18.8 Å². The topological polar surface area (TPSA) is 98.9 Å². The van der Waals surface area contributed by atoms with Crippen LogP contribution < -0.4 is 4.74 Å². The van der Waals surface area contributed by atoms with Gasteiger partial charge in [-0.3, -0.25) is 4.79 Å². The average Bonchev–Trinajstić information content (AvgIpc) is 2.40. The summed E-state index contributed by atoms with van der Waals surface area (Å²) < 4.78 is 5.08. The number of esters is 1. The third-order valence-electron chi connectivity index (χ3n) is 2.42. The Morgan fingerprint density at radius 3 is 2.80 bits per heavy atom. The van der Waals surface area contributed by atoms with Crippen LogP contribution in [0.3, 0.4) is 0 Å². The quantitative estimate of drug-likeness (QED) is 0.190. The third-order valence-corrected chi connectivity index (χ3v) is 2.77. The number of thiol groups is 1. The van der Waals surface area contributed by atoms with Gasteiger partial charge in [0.25, 0.3) is 5.09 Å². The molecule has 0 unspecified atom stereocenters. The highest BCUT2D eigenvalue weighted by atomic mass is 32.1. The number of rotatable bonds is 8. The largest absolute Gasteiger partial charge is 0.508 e. The van der Waals surface area contributed by atoms with Crippen LogP contribution in [0.25, 0.3) is 0 Å². The molecule has 7 nitrogen and oxygen atoms in total. The van der Waals surface area contributed by atoms with E-state index >= 15 is 0 Å². The molecule has 0 radical (unpaired) electrons. The van der Waals surface area contributed by atoms with E-state index in [1.165, 1.54) is 18.2 Å². The summed E-state index contributed by atoms with van der Waals surface area (Å²) in [6, 6.07) is 4.45. The summed E-state index contributed by atoms with van der Waals surface area (Å²) >= 11 is 4.04. The second-order valence-corrected chi connectivity index (χ2v) is 4.25. The Balaban J connectivity index is 2.33. The summed E-state index contributed by atoms with van der Waals surface area (Å²) in [6.45, 7) is -0.0384. The van der Waals surface area contributed by atoms with E-state index in [1.54, 1.807) is 0 Å². The normalized spacial score (nSPS) is 10.1. The van der Waals surface area contributed by atoms with E-state index in [0.29, 0.717) is 29.9 Å². The van der Waals surface area contributed by atoms with E-state index in [9.17, 15) is 20.0 Å². The van der Waals surface area contributed by atoms with Gasteiger partial charge in [0, 0.05) is 17.7 Å². The van der Waals surface area contributed by atoms with Crippen LogP contribution in [-0.4, -0.2) is 22.8 Å². The first-order chi connectivity index (χ1) is 9.52. The van der Waals surface area contributed by atoms with E-state index in [4.69, 9.17) is 4.74 Å². The SMILES string of the molecule is O=C(CCCCO[N+](=O)[O-])Oc1ccc(O)c(CS)c1. The summed E-state index contributed by atoms with van der Waals surface area (Å²) in [5.41, 5.74) is 0.568. The van der Waals surface area contributed by atoms with Crippen LogP contribution in [-0.2, 0) is 15.4 Å². The fraction of sp³-hybridized carbons (Fsp3) is 0.417. The summed E-state index contributed by atoms with van der Waals surface area (Å²) in [5, 5.41) is 18.5. The molecule has 0 aliphatic rings. The van der Waals surface area contributed by atoms with Crippen LogP contribution >= 0.6 is 12.6 Å². The molecular formula is C12H15NO6S. The van der Waals surface area contributed by atoms with Gasteiger partial charge in [0.05, 0.1) is 6.61 Å². The zero-order valence-electron chi connectivity index (χ0n) is 10.7. The minimum atomic E-state index is -0.867. The van der Waals surface area contributed by atoms with Gasteiger partial charge < -0.3 is 14.7 Å². The molecule has 1 N–H and O–H groups in total. The Kier molecular flexibility index (Phi) is 6.65. The maximum Gasteiger partial charge on any atom is 0.311 e. The van der Waals surface area contributed by atoms with Crippen molar-refractivity contribution in [2.75, 3.05) is 6.61 Å². The molecule has 1 aromatic carbocycles. The van der Waals surface area contributed by atoms with Crippen molar-refractivity contribution in [2.24, 2.45) is 0 Å². The minimum Gasteiger partial charge on any atom is -0.508 e. The van der Waals surface area contributed by atoms with E-state index < -0.39 is 11.1 Å². The van der Waals surface area contributed by atoms with Crippen molar-refractivity contribution in [3.05, 3.63) is 33.9 Å². The third kappa shape index (κ3) is 5.79. The summed E-state index contributed by atoms with van der Waals surface area (Å²) in [5.74, 6) is 0.312. The number of unbranched alkanes of at least 4 members (excludes halogenated alkanes) is 1. The number of carbonyl (C=O) groups is 1. The van der Waals surface area contributed by atoms with Gasteiger partial charge in [0.15, 0.2) is 0 Å². The summed E-state index contributed by atoms with van der Waals surface area (Å²) in [4.78, 5) is 25.5. The zero-order chi connectivity index (χ0) is 15.0. The molecule has 0 saturated heterocycles. The Morgan fingerprint density at radius 1 is 1.40 bits per heavy atom. The summed E-state index contributed by atoms with van der Waals surface area (Å²) in [7, 11) is 0. The monoisotopic (exact) mass is 301 g/mol. The standard InChI is InChI=1S/C12H15NO6S/c14-11-5-4-10(7-9(11)8-20)19-12(15)3-1-2-6-18-13(16)17/h4-5,7,14,20H,1-3,6,8H2. The molecule has 0 atom stereocenters. The van der Waals surface area contributed by atoms with Gasteiger partial charge in [-0.05, 0) is 31.0 Å². The van der Waals surface area contributed by atoms with Crippen LogP contribution in [0.2, 0.25) is 0 Å². The second kappa shape index (κ2) is 8.26. The molecular weight excluding hydrogens is 286 g/mol. The molecule has 1 rings (SSSR count). The summed E-state index contributed by atoms with van der Waals surface area (Å²) in [6.07, 6.45) is 0.968. The highest BCUT2D eigenvalue weighted by Crippen LogP contribution is 2.24. The molecule has 0 aliphatic heterocycles. The lowest BCUT2D eigenvalue weighted by Crippen LogP contribution is -2.09. The van der Waals surface area contributed by atoms with Gasteiger partial charge in [-0.15, -0.1) is 10.1 Å². The van der Waals surface area contributed by atoms with Crippen molar-refractivity contribution in [1.29, 1.82) is 0 Å². The van der Waals surface area contributed by atoms with Crippen molar-refractivity contribution in [3.8, 4) is 11.5 Å². The number of nitrogens with zero attached hydrogens (tertiary/aromatic N) is 1. The van der Waals surface area contributed by atoms with Crippen LogP contribution in [0.15, 0.2) is 18.2 Å². The minimum absolute atomic E-state index is 0.0384. The van der Waals surface area contributed by atoms with Gasteiger partial charge >= 0.3 is 5.97 Å². The number of hydrogen-bond donors (Lipinski definition) is 2. The molecule has 0 bridgehead atoms. The highest BCUT2D eigenvalue weighted by Gasteiger charge is 2.07. The van der Waals surface area contributed by atoms with Crippen molar-refractivity contribution in [1.82, 2.24) is 0 Å². The van der Waals surface area contributed by atoms with Crippen LogP contribution in [0.4, 0.5) is 0 Å². The molecule has 0 saturated carbocycles. The maximum absolute atomic E-state index is 11.5. The van der Waals surface area contributed by atoms with E-state index in [1.807, 2.05) is 0 Å². The Hall–Kier alpha value is -1.96. The second-order valence-electron chi connectivity index (χ2n) is 3.94. The first-order valence-corrected chi connectivity index (χ1v) is 6.57. The van der Waals surface area contributed by atoms with Crippen LogP contribution in [0, 0.1) is 10.1 Å².